The number of likely N-dealkylation sites (tertiary alicyclic amines) is 1. The molecular weight excluding hydrogens is 283 g/mol. The number of carbonyl (C=O) groups is 1. The summed E-state index contributed by atoms with van der Waals surface area (Å²) in [5, 5.41) is 0. The molecule has 2 atom stereocenters. The Balaban J connectivity index is 0.00000200. The number of ether oxygens (including phenoxy) is 1. The topological polar surface area (TPSA) is 55.6 Å². The molecule has 0 aromatic heterocycles. The van der Waals surface area contributed by atoms with Crippen LogP contribution in [-0.2, 0) is 11.3 Å². The maximum absolute atomic E-state index is 13.5. The van der Waals surface area contributed by atoms with Gasteiger partial charge in [-0.05, 0) is 18.9 Å². The lowest BCUT2D eigenvalue weighted by atomic mass is 9.90. The van der Waals surface area contributed by atoms with Gasteiger partial charge in [0.2, 0.25) is 0 Å². The van der Waals surface area contributed by atoms with E-state index in [1.54, 1.807) is 6.92 Å². The molecule has 20 heavy (non-hydrogen) atoms. The van der Waals surface area contributed by atoms with Crippen LogP contribution in [0.25, 0.3) is 0 Å². The van der Waals surface area contributed by atoms with E-state index in [-0.39, 0.29) is 32.0 Å². The van der Waals surface area contributed by atoms with E-state index in [0.29, 0.717) is 6.54 Å². The van der Waals surface area contributed by atoms with E-state index < -0.39 is 17.8 Å². The van der Waals surface area contributed by atoms with Crippen molar-refractivity contribution in [3.05, 3.63) is 35.9 Å². The van der Waals surface area contributed by atoms with E-state index in [1.807, 2.05) is 30.3 Å². The first-order valence-corrected chi connectivity index (χ1v) is 6.37. The molecule has 1 saturated heterocycles. The Morgan fingerprint density at radius 1 is 1.50 bits per heavy atom. The molecule has 1 fully saturated rings. The number of piperidine rings is 1. The molecule has 6 heteroatoms. The Labute approximate surface area is 124 Å². The molecule has 4 nitrogen and oxygen atoms in total. The SMILES string of the molecule is CC1(N)CN(C(=O)OCc2ccccc2)CCC1F.Cl. The number of halogens is 2. The van der Waals surface area contributed by atoms with Gasteiger partial charge in [-0.15, -0.1) is 12.4 Å². The van der Waals surface area contributed by atoms with Gasteiger partial charge in [0, 0.05) is 13.1 Å². The Morgan fingerprint density at radius 2 is 2.15 bits per heavy atom. The third-order valence-corrected chi connectivity index (χ3v) is 3.36. The molecule has 1 aliphatic rings. The normalized spacial score (nSPS) is 25.8. The lowest BCUT2D eigenvalue weighted by molar-refractivity contribution is 0.0470. The molecule has 2 unspecified atom stereocenters. The maximum Gasteiger partial charge on any atom is 0.410 e. The van der Waals surface area contributed by atoms with E-state index in [0.717, 1.165) is 5.56 Å². The molecule has 1 aliphatic heterocycles. The van der Waals surface area contributed by atoms with E-state index in [9.17, 15) is 9.18 Å². The smallest absolute Gasteiger partial charge is 0.410 e. The van der Waals surface area contributed by atoms with Crippen molar-refractivity contribution in [2.45, 2.75) is 31.7 Å². The fourth-order valence-corrected chi connectivity index (χ4v) is 2.15. The number of nitrogens with two attached hydrogens (primary N) is 1. The number of hydrogen-bond donors (Lipinski definition) is 1. The molecule has 0 spiro atoms. The van der Waals surface area contributed by atoms with Gasteiger partial charge in [0.1, 0.15) is 12.8 Å². The molecule has 0 radical (unpaired) electrons. The van der Waals surface area contributed by atoms with Crippen molar-refractivity contribution in [3.63, 3.8) is 0 Å². The van der Waals surface area contributed by atoms with E-state index in [1.165, 1.54) is 4.90 Å². The zero-order chi connectivity index (χ0) is 13.9. The van der Waals surface area contributed by atoms with Crippen molar-refractivity contribution in [1.82, 2.24) is 4.90 Å². The predicted molar refractivity (Wildman–Crippen MR) is 77.6 cm³/mol. The van der Waals surface area contributed by atoms with Crippen LogP contribution < -0.4 is 5.73 Å². The van der Waals surface area contributed by atoms with Crippen LogP contribution in [0.3, 0.4) is 0 Å². The van der Waals surface area contributed by atoms with Crippen LogP contribution in [0.5, 0.6) is 0 Å². The number of carbonyl (C=O) groups excluding carboxylic acids is 1. The van der Waals surface area contributed by atoms with Gasteiger partial charge in [-0.3, -0.25) is 0 Å². The number of alkyl halides is 1. The molecule has 2 N–H and O–H groups in total. The molecule has 0 aliphatic carbocycles. The van der Waals surface area contributed by atoms with Crippen molar-refractivity contribution in [2.24, 2.45) is 5.73 Å². The van der Waals surface area contributed by atoms with Crippen molar-refractivity contribution in [1.29, 1.82) is 0 Å². The predicted octanol–water partition coefficient (Wildman–Crippen LogP) is 2.51. The first-order valence-electron chi connectivity index (χ1n) is 6.37. The lowest BCUT2D eigenvalue weighted by Crippen LogP contribution is -2.60. The molecule has 112 valence electrons. The largest absolute Gasteiger partial charge is 0.445 e. The van der Waals surface area contributed by atoms with Crippen molar-refractivity contribution in [3.8, 4) is 0 Å². The van der Waals surface area contributed by atoms with Gasteiger partial charge in [-0.2, -0.15) is 0 Å². The summed E-state index contributed by atoms with van der Waals surface area (Å²) < 4.78 is 18.8. The summed E-state index contributed by atoms with van der Waals surface area (Å²) in [6, 6.07) is 9.43. The highest BCUT2D eigenvalue weighted by molar-refractivity contribution is 5.85. The molecule has 1 amide bonds. The molecule has 2 rings (SSSR count). The summed E-state index contributed by atoms with van der Waals surface area (Å²) in [6.45, 7) is 2.37. The molecule has 0 saturated carbocycles. The van der Waals surface area contributed by atoms with Crippen LogP contribution in [-0.4, -0.2) is 35.8 Å². The van der Waals surface area contributed by atoms with Gasteiger partial charge in [-0.25, -0.2) is 9.18 Å². The van der Waals surface area contributed by atoms with Crippen molar-refractivity contribution in [2.75, 3.05) is 13.1 Å². The number of nitrogens with zero attached hydrogens (tertiary/aromatic N) is 1. The van der Waals surface area contributed by atoms with Gasteiger partial charge in [0.15, 0.2) is 0 Å². The van der Waals surface area contributed by atoms with Crippen LogP contribution >= 0.6 is 12.4 Å². The third-order valence-electron chi connectivity index (χ3n) is 3.36. The molecular formula is C14H20ClFN2O2. The standard InChI is InChI=1S/C14H19FN2O2.ClH/c1-14(16)10-17(8-7-12(14)15)13(18)19-9-11-5-3-2-4-6-11;/h2-6,12H,7-10,16H2,1H3;1H. The number of rotatable bonds is 2. The second kappa shape index (κ2) is 6.90. The summed E-state index contributed by atoms with van der Waals surface area (Å²) in [5.41, 5.74) is 5.76. The van der Waals surface area contributed by atoms with Gasteiger partial charge in [0.25, 0.3) is 0 Å². The van der Waals surface area contributed by atoms with Crippen molar-refractivity contribution >= 4 is 18.5 Å². The summed E-state index contributed by atoms with van der Waals surface area (Å²) in [4.78, 5) is 13.4. The third kappa shape index (κ3) is 4.08. The van der Waals surface area contributed by atoms with Crippen LogP contribution in [0.1, 0.15) is 18.9 Å². The molecule has 0 bridgehead atoms. The van der Waals surface area contributed by atoms with Crippen molar-refractivity contribution < 1.29 is 13.9 Å². The first-order chi connectivity index (χ1) is 8.99. The van der Waals surface area contributed by atoms with Gasteiger partial charge in [-0.1, -0.05) is 30.3 Å². The number of amides is 1. The van der Waals surface area contributed by atoms with Gasteiger partial charge >= 0.3 is 6.09 Å². The fraction of sp³-hybridized carbons (Fsp3) is 0.500. The van der Waals surface area contributed by atoms with Crippen LogP contribution in [0, 0.1) is 0 Å². The van der Waals surface area contributed by atoms with Crippen LogP contribution in [0.4, 0.5) is 9.18 Å². The summed E-state index contributed by atoms with van der Waals surface area (Å²) >= 11 is 0. The highest BCUT2D eigenvalue weighted by Gasteiger charge is 2.38. The Hall–Kier alpha value is -1.33. The highest BCUT2D eigenvalue weighted by atomic mass is 35.5. The quantitative estimate of drug-likeness (QED) is 0.913. The molecule has 1 aromatic rings. The fourth-order valence-electron chi connectivity index (χ4n) is 2.15. The second-order valence-electron chi connectivity index (χ2n) is 5.22. The second-order valence-corrected chi connectivity index (χ2v) is 5.22. The Bertz CT molecular complexity index is 442. The highest BCUT2D eigenvalue weighted by Crippen LogP contribution is 2.22. The first kappa shape index (κ1) is 16.7. The summed E-state index contributed by atoms with van der Waals surface area (Å²) in [5.74, 6) is 0. The average Bonchev–Trinajstić information content (AvgIpc) is 2.40. The van der Waals surface area contributed by atoms with E-state index in [4.69, 9.17) is 10.5 Å². The lowest BCUT2D eigenvalue weighted by Gasteiger charge is -2.39. The minimum Gasteiger partial charge on any atom is -0.445 e. The maximum atomic E-state index is 13.5. The zero-order valence-corrected chi connectivity index (χ0v) is 12.2. The average molecular weight is 303 g/mol. The summed E-state index contributed by atoms with van der Waals surface area (Å²) in [6.07, 6.45) is -1.26. The number of benzene rings is 1. The Morgan fingerprint density at radius 3 is 2.75 bits per heavy atom. The van der Waals surface area contributed by atoms with Gasteiger partial charge < -0.3 is 15.4 Å². The van der Waals surface area contributed by atoms with E-state index >= 15 is 0 Å². The minimum atomic E-state index is -1.08. The number of hydrogen-bond acceptors (Lipinski definition) is 3. The monoisotopic (exact) mass is 302 g/mol. The van der Waals surface area contributed by atoms with E-state index in [2.05, 4.69) is 0 Å². The summed E-state index contributed by atoms with van der Waals surface area (Å²) in [7, 11) is 0. The van der Waals surface area contributed by atoms with Gasteiger partial charge in [0.05, 0.1) is 5.54 Å². The zero-order valence-electron chi connectivity index (χ0n) is 11.4. The van der Waals surface area contributed by atoms with Crippen LogP contribution in [0.15, 0.2) is 30.3 Å². The minimum absolute atomic E-state index is 0. The molecule has 1 aromatic carbocycles. The Kier molecular flexibility index (Phi) is 5.77. The van der Waals surface area contributed by atoms with Crippen LogP contribution in [0.2, 0.25) is 0 Å². The molecule has 1 heterocycles.